The average molecular weight is 374 g/mol. The van der Waals surface area contributed by atoms with Crippen LogP contribution >= 0.6 is 0 Å². The molecule has 1 aliphatic rings. The number of hydrogen-bond donors (Lipinski definition) is 2. The molecule has 8 nitrogen and oxygen atoms in total. The Bertz CT molecular complexity index is 1190. The summed E-state index contributed by atoms with van der Waals surface area (Å²) in [5.41, 5.74) is 5.10. The Labute approximate surface area is 160 Å². The van der Waals surface area contributed by atoms with Crippen molar-refractivity contribution in [1.29, 1.82) is 0 Å². The van der Waals surface area contributed by atoms with E-state index in [0.717, 1.165) is 35.4 Å². The Kier molecular flexibility index (Phi) is 3.71. The molecule has 5 rings (SSSR count). The Morgan fingerprint density at radius 1 is 1.25 bits per heavy atom. The van der Waals surface area contributed by atoms with Crippen LogP contribution in [0.1, 0.15) is 46.1 Å². The minimum atomic E-state index is -0.253. The summed E-state index contributed by atoms with van der Waals surface area (Å²) in [5, 5.41) is 14.8. The van der Waals surface area contributed by atoms with Crippen LogP contribution in [0.25, 0.3) is 22.4 Å². The molecule has 4 aromatic rings. The molecule has 1 saturated carbocycles. The van der Waals surface area contributed by atoms with E-state index in [2.05, 4.69) is 30.6 Å². The molecule has 8 heteroatoms. The lowest BCUT2D eigenvalue weighted by Crippen LogP contribution is -2.14. The summed E-state index contributed by atoms with van der Waals surface area (Å²) in [4.78, 5) is 21.7. The second-order valence-corrected chi connectivity index (χ2v) is 7.08. The summed E-state index contributed by atoms with van der Waals surface area (Å²) in [6, 6.07) is 5.63. The second-order valence-electron chi connectivity index (χ2n) is 7.08. The Morgan fingerprint density at radius 3 is 2.79 bits per heavy atom. The van der Waals surface area contributed by atoms with Crippen LogP contribution in [-0.4, -0.2) is 31.2 Å². The molecule has 28 heavy (non-hydrogen) atoms. The van der Waals surface area contributed by atoms with Gasteiger partial charge in [0.15, 0.2) is 5.82 Å². The molecule has 0 unspecified atom stereocenters. The molecule has 1 amide bonds. The Morgan fingerprint density at radius 2 is 2.04 bits per heavy atom. The fourth-order valence-electron chi connectivity index (χ4n) is 3.38. The van der Waals surface area contributed by atoms with Crippen molar-refractivity contribution in [1.82, 2.24) is 25.3 Å². The molecule has 140 valence electrons. The van der Waals surface area contributed by atoms with E-state index < -0.39 is 0 Å². The van der Waals surface area contributed by atoms with Crippen LogP contribution in [0.15, 0.2) is 35.1 Å². The number of rotatable bonds is 4. The molecule has 1 fully saturated rings. The highest BCUT2D eigenvalue weighted by Gasteiger charge is 2.29. The maximum atomic E-state index is 13.1. The molecular weight excluding hydrogens is 356 g/mol. The van der Waals surface area contributed by atoms with Gasteiger partial charge in [-0.25, -0.2) is 4.98 Å². The van der Waals surface area contributed by atoms with E-state index in [1.54, 1.807) is 12.4 Å². The van der Waals surface area contributed by atoms with Crippen LogP contribution in [0.5, 0.6) is 0 Å². The molecule has 0 saturated heterocycles. The topological polar surface area (TPSA) is 110 Å². The smallest absolute Gasteiger partial charge is 0.259 e. The van der Waals surface area contributed by atoms with Gasteiger partial charge in [0, 0.05) is 35.1 Å². The lowest BCUT2D eigenvalue weighted by Gasteiger charge is -2.07. The number of aromatic nitrogens is 5. The van der Waals surface area contributed by atoms with E-state index in [1.165, 1.54) is 0 Å². The number of pyridine rings is 2. The molecule has 0 atom stereocenters. The van der Waals surface area contributed by atoms with Crippen LogP contribution in [0.4, 0.5) is 5.82 Å². The second kappa shape index (κ2) is 6.26. The summed E-state index contributed by atoms with van der Waals surface area (Å²) in [6.07, 6.45) is 5.60. The van der Waals surface area contributed by atoms with Gasteiger partial charge < -0.3 is 9.84 Å². The van der Waals surface area contributed by atoms with Gasteiger partial charge in [0.05, 0.1) is 22.3 Å². The van der Waals surface area contributed by atoms with Crippen LogP contribution in [0.3, 0.4) is 0 Å². The number of anilines is 1. The molecule has 0 radical (unpaired) electrons. The molecular formula is C20H18N6O2. The summed E-state index contributed by atoms with van der Waals surface area (Å²) < 4.78 is 5.33. The van der Waals surface area contributed by atoms with Crippen LogP contribution < -0.4 is 5.32 Å². The van der Waals surface area contributed by atoms with Crippen molar-refractivity contribution in [2.24, 2.45) is 0 Å². The van der Waals surface area contributed by atoms with Crippen molar-refractivity contribution >= 4 is 22.8 Å². The van der Waals surface area contributed by atoms with Crippen molar-refractivity contribution in [3.05, 3.63) is 53.1 Å². The first-order valence-electron chi connectivity index (χ1n) is 9.15. The van der Waals surface area contributed by atoms with E-state index in [1.807, 2.05) is 32.0 Å². The van der Waals surface area contributed by atoms with E-state index in [-0.39, 0.29) is 5.91 Å². The number of carbonyl (C=O) groups is 1. The highest BCUT2D eigenvalue weighted by atomic mass is 16.5. The molecule has 4 heterocycles. The Balaban J connectivity index is 1.51. The van der Waals surface area contributed by atoms with E-state index in [4.69, 9.17) is 4.52 Å². The number of carbonyl (C=O) groups excluding carboxylic acids is 1. The zero-order valence-electron chi connectivity index (χ0n) is 15.5. The van der Waals surface area contributed by atoms with Gasteiger partial charge in [-0.2, -0.15) is 5.10 Å². The van der Waals surface area contributed by atoms with Crippen molar-refractivity contribution in [3.63, 3.8) is 0 Å². The lowest BCUT2D eigenvalue weighted by molar-refractivity contribution is 0.102. The molecule has 2 N–H and O–H groups in total. The fraction of sp³-hybridized carbons (Fsp3) is 0.250. The third kappa shape index (κ3) is 2.74. The summed E-state index contributed by atoms with van der Waals surface area (Å²) >= 11 is 0. The summed E-state index contributed by atoms with van der Waals surface area (Å²) in [7, 11) is 0. The van der Waals surface area contributed by atoms with E-state index in [9.17, 15) is 4.79 Å². The van der Waals surface area contributed by atoms with E-state index >= 15 is 0 Å². The SMILES string of the molecule is Cc1c(NC(=O)c2cc(C3CC3)nc3onc(C)c23)n[nH]c1-c1ccncc1. The Hall–Kier alpha value is -3.55. The first kappa shape index (κ1) is 16.6. The van der Waals surface area contributed by atoms with Crippen LogP contribution in [0, 0.1) is 13.8 Å². The van der Waals surface area contributed by atoms with Crippen molar-refractivity contribution in [2.45, 2.75) is 32.6 Å². The first-order chi connectivity index (χ1) is 13.6. The van der Waals surface area contributed by atoms with Crippen LogP contribution in [-0.2, 0) is 0 Å². The lowest BCUT2D eigenvalue weighted by atomic mass is 10.1. The highest BCUT2D eigenvalue weighted by molar-refractivity contribution is 6.12. The van der Waals surface area contributed by atoms with Gasteiger partial charge in [0.2, 0.25) is 0 Å². The maximum absolute atomic E-state index is 13.1. The van der Waals surface area contributed by atoms with Gasteiger partial charge in [0.1, 0.15) is 0 Å². The number of hydrogen-bond acceptors (Lipinski definition) is 6. The zero-order chi connectivity index (χ0) is 19.3. The first-order valence-corrected chi connectivity index (χ1v) is 9.15. The molecule has 1 aliphatic carbocycles. The highest BCUT2D eigenvalue weighted by Crippen LogP contribution is 2.40. The number of aryl methyl sites for hydroxylation is 1. The fourth-order valence-corrected chi connectivity index (χ4v) is 3.38. The van der Waals surface area contributed by atoms with Gasteiger partial charge in [0.25, 0.3) is 11.6 Å². The maximum Gasteiger partial charge on any atom is 0.259 e. The van der Waals surface area contributed by atoms with Gasteiger partial charge >= 0.3 is 0 Å². The van der Waals surface area contributed by atoms with Crippen molar-refractivity contribution in [2.75, 3.05) is 5.32 Å². The van der Waals surface area contributed by atoms with Crippen LogP contribution in [0.2, 0.25) is 0 Å². The third-order valence-corrected chi connectivity index (χ3v) is 5.09. The predicted molar refractivity (Wildman–Crippen MR) is 103 cm³/mol. The number of H-pyrrole nitrogens is 1. The normalized spacial score (nSPS) is 13.8. The monoisotopic (exact) mass is 374 g/mol. The largest absolute Gasteiger partial charge is 0.336 e. The standard InChI is InChI=1S/C20H18N6O2/c1-10-17(13-5-7-21-8-6-13)24-25-18(10)23-19(27)14-9-15(12-3-4-12)22-20-16(14)11(2)26-28-20/h5-9,12H,3-4H2,1-2H3,(H2,23,24,25,27). The summed E-state index contributed by atoms with van der Waals surface area (Å²) in [5.74, 6) is 0.632. The van der Waals surface area contributed by atoms with E-state index in [0.29, 0.717) is 34.1 Å². The van der Waals surface area contributed by atoms with Crippen molar-refractivity contribution in [3.8, 4) is 11.3 Å². The molecule has 0 bridgehead atoms. The van der Waals surface area contributed by atoms with Crippen molar-refractivity contribution < 1.29 is 9.32 Å². The minimum Gasteiger partial charge on any atom is -0.336 e. The van der Waals surface area contributed by atoms with Gasteiger partial charge in [-0.1, -0.05) is 5.16 Å². The molecule has 4 aromatic heterocycles. The quantitative estimate of drug-likeness (QED) is 0.563. The molecule has 0 aromatic carbocycles. The summed E-state index contributed by atoms with van der Waals surface area (Å²) in [6.45, 7) is 3.72. The van der Waals surface area contributed by atoms with Gasteiger partial charge in [-0.15, -0.1) is 0 Å². The predicted octanol–water partition coefficient (Wildman–Crippen LogP) is 3.75. The number of fused-ring (bicyclic) bond motifs is 1. The third-order valence-electron chi connectivity index (χ3n) is 5.09. The van der Waals surface area contributed by atoms with Gasteiger partial charge in [-0.3, -0.25) is 14.9 Å². The molecule has 0 spiro atoms. The number of nitrogens with one attached hydrogen (secondary N) is 2. The average Bonchev–Trinajstić information content (AvgIpc) is 3.42. The molecule has 0 aliphatic heterocycles. The number of aromatic amines is 1. The number of amides is 1. The van der Waals surface area contributed by atoms with Gasteiger partial charge in [-0.05, 0) is 44.9 Å². The zero-order valence-corrected chi connectivity index (χ0v) is 15.5. The number of nitrogens with zero attached hydrogens (tertiary/aromatic N) is 4. The minimum absolute atomic E-state index is 0.253.